The van der Waals surface area contributed by atoms with Gasteiger partial charge < -0.3 is 14.6 Å². The molecule has 0 aromatic heterocycles. The van der Waals surface area contributed by atoms with Crippen molar-refractivity contribution < 1.29 is 9.76 Å². The Morgan fingerprint density at radius 1 is 1.59 bits per heavy atom. The highest BCUT2D eigenvalue weighted by atomic mass is 79.9. The fraction of sp³-hybridized carbons (Fsp3) is 0.364. The summed E-state index contributed by atoms with van der Waals surface area (Å²) in [5.41, 5.74) is 0.517. The maximum Gasteiger partial charge on any atom is 0.376 e. The van der Waals surface area contributed by atoms with Crippen molar-refractivity contribution in [3.63, 3.8) is 0 Å². The summed E-state index contributed by atoms with van der Waals surface area (Å²) in [7, 11) is -0.437. The van der Waals surface area contributed by atoms with Gasteiger partial charge in [0.2, 0.25) is 0 Å². The summed E-state index contributed by atoms with van der Waals surface area (Å²) < 4.78 is 6.47. The first-order valence-electron chi connectivity index (χ1n) is 5.39. The molecular weight excluding hydrogens is 283 g/mol. The Morgan fingerprint density at radius 3 is 2.88 bits per heavy atom. The van der Waals surface area contributed by atoms with Crippen molar-refractivity contribution >= 4 is 23.0 Å². The summed E-state index contributed by atoms with van der Waals surface area (Å²) in [5, 5.41) is 18.3. The summed E-state index contributed by atoms with van der Waals surface area (Å²) in [4.78, 5) is 1.90. The van der Waals surface area contributed by atoms with Crippen molar-refractivity contribution in [2.75, 3.05) is 13.1 Å². The summed E-state index contributed by atoms with van der Waals surface area (Å²) >= 11 is 3.32. The van der Waals surface area contributed by atoms with E-state index in [-0.39, 0.29) is 6.10 Å². The van der Waals surface area contributed by atoms with Gasteiger partial charge in [0.1, 0.15) is 23.5 Å². The lowest BCUT2D eigenvalue weighted by Crippen LogP contribution is -2.59. The fourth-order valence-electron chi connectivity index (χ4n) is 1.74. The predicted octanol–water partition coefficient (Wildman–Crippen LogP) is 1.49. The average molecular weight is 295 g/mol. The van der Waals surface area contributed by atoms with E-state index in [1.807, 2.05) is 16.9 Å². The average Bonchev–Trinajstić information content (AvgIpc) is 2.22. The zero-order valence-corrected chi connectivity index (χ0v) is 11.0. The molecule has 1 fully saturated rings. The van der Waals surface area contributed by atoms with Crippen LogP contribution in [0.4, 0.5) is 0 Å². The van der Waals surface area contributed by atoms with Gasteiger partial charge in [0, 0.05) is 17.6 Å². The van der Waals surface area contributed by atoms with Crippen LogP contribution in [0.1, 0.15) is 5.56 Å². The second-order valence-corrected chi connectivity index (χ2v) is 4.90. The second kappa shape index (κ2) is 5.09. The highest BCUT2D eigenvalue weighted by Crippen LogP contribution is 2.28. The van der Waals surface area contributed by atoms with Gasteiger partial charge >= 0.3 is 7.05 Å². The minimum absolute atomic E-state index is 0.0472. The van der Waals surface area contributed by atoms with E-state index in [1.165, 1.54) is 0 Å². The molecule has 0 atom stereocenters. The van der Waals surface area contributed by atoms with E-state index in [1.54, 1.807) is 12.9 Å². The topological polar surface area (TPSA) is 56.5 Å². The maximum absolute atomic E-state index is 9.31. The van der Waals surface area contributed by atoms with Crippen molar-refractivity contribution in [3.05, 3.63) is 28.2 Å². The molecule has 1 aliphatic heterocycles. The van der Waals surface area contributed by atoms with Crippen LogP contribution >= 0.6 is 15.9 Å². The van der Waals surface area contributed by atoms with Crippen molar-refractivity contribution in [2.24, 2.45) is 0 Å². The lowest BCUT2D eigenvalue weighted by molar-refractivity contribution is 0.0637. The van der Waals surface area contributed by atoms with Gasteiger partial charge in [-0.05, 0) is 34.9 Å². The number of nitriles is 1. The van der Waals surface area contributed by atoms with Gasteiger partial charge in [0.25, 0.3) is 0 Å². The summed E-state index contributed by atoms with van der Waals surface area (Å²) in [6.45, 7) is 3.11. The van der Waals surface area contributed by atoms with Crippen LogP contribution in [0.2, 0.25) is 6.82 Å². The van der Waals surface area contributed by atoms with Crippen LogP contribution < -0.4 is 4.74 Å². The van der Waals surface area contributed by atoms with Gasteiger partial charge in [-0.15, -0.1) is 0 Å². The first kappa shape index (κ1) is 12.4. The molecule has 1 N–H and O–H groups in total. The Labute approximate surface area is 109 Å². The molecule has 4 nitrogen and oxygen atoms in total. The van der Waals surface area contributed by atoms with Gasteiger partial charge in [-0.2, -0.15) is 5.26 Å². The molecule has 0 spiro atoms. The first-order chi connectivity index (χ1) is 8.11. The lowest BCUT2D eigenvalue weighted by Gasteiger charge is -2.39. The van der Waals surface area contributed by atoms with Gasteiger partial charge in [0.05, 0.1) is 0 Å². The Hall–Kier alpha value is -1.03. The summed E-state index contributed by atoms with van der Waals surface area (Å²) in [5.74, 6) is 0.595. The lowest BCUT2D eigenvalue weighted by atomic mass is 9.81. The molecule has 1 aromatic rings. The Balaban J connectivity index is 2.02. The van der Waals surface area contributed by atoms with Crippen LogP contribution in [0, 0.1) is 11.3 Å². The highest BCUT2D eigenvalue weighted by Gasteiger charge is 2.33. The van der Waals surface area contributed by atoms with E-state index in [0.717, 1.165) is 4.47 Å². The van der Waals surface area contributed by atoms with Gasteiger partial charge in [0.15, 0.2) is 0 Å². The SMILES string of the molecule is CB(O)N1CC(Oc2cccc(Br)c2C#N)C1. The standard InChI is InChI=1S/C11H12BBrN2O2/c1-12(16)15-6-8(7-15)17-11-4-2-3-10(13)9(11)5-14/h2-4,8,16H,6-7H2,1H3. The van der Waals surface area contributed by atoms with E-state index in [2.05, 4.69) is 22.0 Å². The normalized spacial score (nSPS) is 16.1. The van der Waals surface area contributed by atoms with Crippen molar-refractivity contribution in [3.8, 4) is 11.8 Å². The third-order valence-electron chi connectivity index (χ3n) is 2.79. The van der Waals surface area contributed by atoms with Crippen LogP contribution in [-0.2, 0) is 0 Å². The van der Waals surface area contributed by atoms with Crippen LogP contribution in [0.5, 0.6) is 5.75 Å². The molecule has 1 aliphatic rings. The molecule has 1 saturated heterocycles. The number of hydrogen-bond acceptors (Lipinski definition) is 4. The van der Waals surface area contributed by atoms with Crippen molar-refractivity contribution in [1.82, 2.24) is 4.81 Å². The molecule has 0 aliphatic carbocycles. The minimum Gasteiger partial charge on any atom is -0.486 e. The van der Waals surface area contributed by atoms with Crippen LogP contribution in [-0.4, -0.2) is 36.1 Å². The van der Waals surface area contributed by atoms with Crippen LogP contribution in [0.25, 0.3) is 0 Å². The van der Waals surface area contributed by atoms with Gasteiger partial charge in [-0.25, -0.2) is 0 Å². The van der Waals surface area contributed by atoms with Gasteiger partial charge in [-0.1, -0.05) is 6.07 Å². The molecule has 1 aromatic carbocycles. The fourth-order valence-corrected chi connectivity index (χ4v) is 2.18. The molecule has 17 heavy (non-hydrogen) atoms. The monoisotopic (exact) mass is 294 g/mol. The smallest absolute Gasteiger partial charge is 0.376 e. The summed E-state index contributed by atoms with van der Waals surface area (Å²) in [6, 6.07) is 7.55. The summed E-state index contributed by atoms with van der Waals surface area (Å²) in [6.07, 6.45) is 0.0472. The predicted molar refractivity (Wildman–Crippen MR) is 68.7 cm³/mol. The molecule has 0 bridgehead atoms. The number of benzene rings is 1. The number of nitrogens with zero attached hydrogens (tertiary/aromatic N) is 2. The van der Waals surface area contributed by atoms with Crippen LogP contribution in [0.15, 0.2) is 22.7 Å². The molecule has 2 rings (SSSR count). The zero-order chi connectivity index (χ0) is 12.4. The Morgan fingerprint density at radius 2 is 2.29 bits per heavy atom. The van der Waals surface area contributed by atoms with Crippen molar-refractivity contribution in [2.45, 2.75) is 12.9 Å². The molecular formula is C11H12BBrN2O2. The molecule has 0 unspecified atom stereocenters. The van der Waals surface area contributed by atoms with E-state index in [4.69, 9.17) is 10.00 Å². The quantitative estimate of drug-likeness (QED) is 0.858. The number of rotatable bonds is 3. The van der Waals surface area contributed by atoms with Crippen molar-refractivity contribution in [1.29, 1.82) is 5.26 Å². The molecule has 0 saturated carbocycles. The Bertz CT molecular complexity index is 455. The first-order valence-corrected chi connectivity index (χ1v) is 6.18. The van der Waals surface area contributed by atoms with E-state index in [9.17, 15) is 5.02 Å². The number of halogens is 1. The van der Waals surface area contributed by atoms with E-state index < -0.39 is 7.05 Å². The molecule has 0 amide bonds. The molecule has 6 heteroatoms. The molecule has 1 heterocycles. The number of ether oxygens (including phenoxy) is 1. The highest BCUT2D eigenvalue weighted by molar-refractivity contribution is 9.10. The maximum atomic E-state index is 9.31. The number of hydrogen-bond donors (Lipinski definition) is 1. The van der Waals surface area contributed by atoms with E-state index in [0.29, 0.717) is 24.4 Å². The van der Waals surface area contributed by atoms with E-state index >= 15 is 0 Å². The third kappa shape index (κ3) is 2.63. The second-order valence-electron chi connectivity index (χ2n) is 4.05. The zero-order valence-electron chi connectivity index (χ0n) is 9.43. The van der Waals surface area contributed by atoms with Crippen LogP contribution in [0.3, 0.4) is 0 Å². The Kier molecular flexibility index (Phi) is 3.72. The molecule has 88 valence electrons. The van der Waals surface area contributed by atoms with Gasteiger partial charge in [-0.3, -0.25) is 0 Å². The third-order valence-corrected chi connectivity index (χ3v) is 3.45. The minimum atomic E-state index is -0.437. The largest absolute Gasteiger partial charge is 0.486 e. The molecule has 0 radical (unpaired) electrons.